The summed E-state index contributed by atoms with van der Waals surface area (Å²) in [6, 6.07) is 16.4. The molecule has 2 aliphatic heterocycles. The van der Waals surface area contributed by atoms with E-state index < -0.39 is 21.7 Å². The summed E-state index contributed by atoms with van der Waals surface area (Å²) in [7, 11) is -4.38. The Morgan fingerprint density at radius 1 is 1.02 bits per heavy atom. The third-order valence-electron chi connectivity index (χ3n) is 9.51. The first kappa shape index (κ1) is 29.5. The summed E-state index contributed by atoms with van der Waals surface area (Å²) < 4.78 is 28.6. The molecule has 222 valence electrons. The summed E-state index contributed by atoms with van der Waals surface area (Å²) in [5, 5.41) is 9.62. The molecule has 1 saturated carbocycles. The van der Waals surface area contributed by atoms with Crippen LogP contribution in [-0.2, 0) is 27.0 Å². The van der Waals surface area contributed by atoms with E-state index in [1.165, 1.54) is 37.8 Å². The molecular weight excluding hydrogens is 540 g/mol. The molecule has 1 spiro atoms. The van der Waals surface area contributed by atoms with Gasteiger partial charge in [-0.3, -0.25) is 4.79 Å². The lowest BCUT2D eigenvalue weighted by Crippen LogP contribution is -2.58. The van der Waals surface area contributed by atoms with Crippen LogP contribution >= 0.6 is 0 Å². The Hall–Kier alpha value is -2.95. The minimum Gasteiger partial charge on any atom is -0.464 e. The topological polar surface area (TPSA) is 110 Å². The first-order valence-electron chi connectivity index (χ1n) is 14.8. The zero-order valence-electron chi connectivity index (χ0n) is 24.0. The predicted molar refractivity (Wildman–Crippen MR) is 159 cm³/mol. The summed E-state index contributed by atoms with van der Waals surface area (Å²) in [4.78, 5) is 30.3. The molecule has 2 N–H and O–H groups in total. The maximum atomic E-state index is 14.1. The number of para-hydroxylation sites is 1. The van der Waals surface area contributed by atoms with Crippen LogP contribution in [0.25, 0.3) is 0 Å². The van der Waals surface area contributed by atoms with Crippen LogP contribution in [0.3, 0.4) is 0 Å². The van der Waals surface area contributed by atoms with Crippen molar-refractivity contribution >= 4 is 27.9 Å². The van der Waals surface area contributed by atoms with Gasteiger partial charge in [0, 0.05) is 25.7 Å². The number of carbonyl (C=O) groups is 2. The van der Waals surface area contributed by atoms with Crippen molar-refractivity contribution in [2.75, 3.05) is 30.5 Å². The van der Waals surface area contributed by atoms with Crippen LogP contribution in [-0.4, -0.2) is 67.5 Å². The van der Waals surface area contributed by atoms with Crippen LogP contribution in [0.5, 0.6) is 0 Å². The fourth-order valence-electron chi connectivity index (χ4n) is 7.18. The Morgan fingerprint density at radius 2 is 1.66 bits per heavy atom. The first-order chi connectivity index (χ1) is 19.6. The van der Waals surface area contributed by atoms with Crippen molar-refractivity contribution in [2.45, 2.75) is 70.4 Å². The number of anilines is 1. The first-order valence-corrected chi connectivity index (χ1v) is 16.3. The molecule has 0 radical (unpaired) electrons. The Morgan fingerprint density at radius 3 is 2.29 bits per heavy atom. The molecule has 0 bridgehead atoms. The molecule has 2 aromatic rings. The molecule has 0 aromatic heterocycles. The largest absolute Gasteiger partial charge is 0.464 e. The summed E-state index contributed by atoms with van der Waals surface area (Å²) >= 11 is 0. The number of piperidine rings is 1. The average Bonchev–Trinajstić information content (AvgIpc) is 2.96. The number of likely N-dealkylation sites (tertiary alicyclic amines) is 1. The number of carbonyl (C=O) groups excluding carboxylic acids is 1. The number of nitrogens with zero attached hydrogens (tertiary/aromatic N) is 3. The van der Waals surface area contributed by atoms with Gasteiger partial charge < -0.3 is 14.9 Å². The van der Waals surface area contributed by atoms with Gasteiger partial charge in [0.25, 0.3) is 0 Å². The highest BCUT2D eigenvalue weighted by Gasteiger charge is 2.49. The number of rotatable bonds is 8. The highest BCUT2D eigenvalue weighted by molar-refractivity contribution is 7.91. The van der Waals surface area contributed by atoms with Gasteiger partial charge in [-0.1, -0.05) is 56.3 Å². The monoisotopic (exact) mass is 582 g/mol. The summed E-state index contributed by atoms with van der Waals surface area (Å²) in [6.45, 7) is 6.87. The highest BCUT2D eigenvalue weighted by Crippen LogP contribution is 2.44. The van der Waals surface area contributed by atoms with Crippen LogP contribution < -0.4 is 9.03 Å². The molecule has 9 nitrogen and oxygen atoms in total. The molecule has 5 rings (SSSR count). The zero-order valence-corrected chi connectivity index (χ0v) is 24.9. The van der Waals surface area contributed by atoms with E-state index in [-0.39, 0.29) is 24.7 Å². The molecule has 41 heavy (non-hydrogen) atoms. The van der Waals surface area contributed by atoms with Gasteiger partial charge in [0.05, 0.1) is 11.1 Å². The van der Waals surface area contributed by atoms with E-state index in [4.69, 9.17) is 0 Å². The van der Waals surface area contributed by atoms with Gasteiger partial charge in [0.15, 0.2) is 0 Å². The Labute approximate surface area is 243 Å². The van der Waals surface area contributed by atoms with Crippen molar-refractivity contribution in [3.05, 3.63) is 65.7 Å². The molecule has 2 fully saturated rings. The van der Waals surface area contributed by atoms with Gasteiger partial charge in [-0.2, -0.15) is 17.4 Å². The molecule has 2 heterocycles. The SMILES string of the molecule is CC(C)C1CCC(N2CCC3(CC2)C(=O)N(CCNS(=O)(=O)N(C(=O)O)c2ccccc2)Cc2ccccc23)CC1. The molecule has 2 amide bonds. The van der Waals surface area contributed by atoms with Gasteiger partial charge >= 0.3 is 16.3 Å². The Balaban J connectivity index is 1.26. The van der Waals surface area contributed by atoms with E-state index in [2.05, 4.69) is 35.6 Å². The van der Waals surface area contributed by atoms with Crippen molar-refractivity contribution in [3.63, 3.8) is 0 Å². The maximum Gasteiger partial charge on any atom is 0.426 e. The minimum atomic E-state index is -4.38. The summed E-state index contributed by atoms with van der Waals surface area (Å²) in [5.74, 6) is 1.59. The lowest BCUT2D eigenvalue weighted by molar-refractivity contribution is -0.142. The van der Waals surface area contributed by atoms with E-state index in [1.807, 2.05) is 12.1 Å². The van der Waals surface area contributed by atoms with Crippen molar-refractivity contribution in [3.8, 4) is 0 Å². The number of carboxylic acid groups (broad SMARTS) is 1. The quantitative estimate of drug-likeness (QED) is 0.471. The second-order valence-corrected chi connectivity index (χ2v) is 13.7. The van der Waals surface area contributed by atoms with Gasteiger partial charge in [-0.15, -0.1) is 0 Å². The van der Waals surface area contributed by atoms with Crippen molar-refractivity contribution in [2.24, 2.45) is 11.8 Å². The third-order valence-corrected chi connectivity index (χ3v) is 10.9. The van der Waals surface area contributed by atoms with E-state index in [1.54, 1.807) is 23.1 Å². The molecule has 2 aromatic carbocycles. The lowest BCUT2D eigenvalue weighted by Gasteiger charge is -2.49. The van der Waals surface area contributed by atoms with Crippen LogP contribution in [0.15, 0.2) is 54.6 Å². The lowest BCUT2D eigenvalue weighted by atomic mass is 9.67. The number of amides is 2. The van der Waals surface area contributed by atoms with Crippen LogP contribution in [0.1, 0.15) is 63.5 Å². The summed E-state index contributed by atoms with van der Waals surface area (Å²) in [5.41, 5.74) is 1.61. The van der Waals surface area contributed by atoms with E-state index in [0.29, 0.717) is 16.9 Å². The fourth-order valence-corrected chi connectivity index (χ4v) is 8.26. The van der Waals surface area contributed by atoms with Crippen LogP contribution in [0, 0.1) is 11.8 Å². The van der Waals surface area contributed by atoms with Crippen LogP contribution in [0.4, 0.5) is 10.5 Å². The van der Waals surface area contributed by atoms with Crippen LogP contribution in [0.2, 0.25) is 0 Å². The maximum absolute atomic E-state index is 14.1. The zero-order chi connectivity index (χ0) is 29.2. The Bertz CT molecular complexity index is 1330. The number of hydrogen-bond donors (Lipinski definition) is 2. The molecular formula is C31H42N4O5S. The second-order valence-electron chi connectivity index (χ2n) is 12.1. The van der Waals surface area contributed by atoms with Gasteiger partial charge in [0.2, 0.25) is 5.91 Å². The molecule has 1 saturated heterocycles. The second kappa shape index (κ2) is 12.1. The molecule has 10 heteroatoms. The molecule has 0 atom stereocenters. The minimum absolute atomic E-state index is 0.0267. The highest BCUT2D eigenvalue weighted by atomic mass is 32.2. The number of nitrogens with one attached hydrogen (secondary N) is 1. The van der Waals surface area contributed by atoms with Crippen molar-refractivity contribution < 1.29 is 23.1 Å². The average molecular weight is 583 g/mol. The van der Waals surface area contributed by atoms with E-state index in [0.717, 1.165) is 48.9 Å². The third kappa shape index (κ3) is 6.01. The van der Waals surface area contributed by atoms with Gasteiger partial charge in [-0.25, -0.2) is 4.79 Å². The standard InChI is InChI=1S/C31H42N4O5S/c1-23(2)24-12-14-26(15-13-24)33-19-16-31(17-20-33)28-11-7-6-8-25(28)22-34(29(31)36)21-18-32-41(39,40)35(30(37)38)27-9-4-3-5-10-27/h3-11,23-24,26,32H,12-22H2,1-2H3,(H,37,38). The number of benzene rings is 2. The van der Waals surface area contributed by atoms with Gasteiger partial charge in [-0.05, 0) is 86.7 Å². The molecule has 0 unspecified atom stereocenters. The summed E-state index contributed by atoms with van der Waals surface area (Å²) in [6.07, 6.45) is 4.89. The smallest absolute Gasteiger partial charge is 0.426 e. The van der Waals surface area contributed by atoms with E-state index >= 15 is 0 Å². The van der Waals surface area contributed by atoms with Crippen molar-refractivity contribution in [1.82, 2.24) is 14.5 Å². The fraction of sp³-hybridized carbons (Fsp3) is 0.548. The normalized spacial score (nSPS) is 23.0. The van der Waals surface area contributed by atoms with Gasteiger partial charge in [0.1, 0.15) is 0 Å². The van der Waals surface area contributed by atoms with E-state index in [9.17, 15) is 23.1 Å². The molecule has 3 aliphatic rings. The number of hydrogen-bond acceptors (Lipinski definition) is 5. The molecule has 1 aliphatic carbocycles. The van der Waals surface area contributed by atoms with Crippen molar-refractivity contribution in [1.29, 1.82) is 0 Å². The predicted octanol–water partition coefficient (Wildman–Crippen LogP) is 4.60. The number of fused-ring (bicyclic) bond motifs is 2. The Kier molecular flexibility index (Phi) is 8.73.